The predicted octanol–water partition coefficient (Wildman–Crippen LogP) is 4.63. The molecule has 40 heavy (non-hydrogen) atoms. The molecule has 1 aromatic carbocycles. The number of benzene rings is 1. The Kier molecular flexibility index (Phi) is 9.10. The summed E-state index contributed by atoms with van der Waals surface area (Å²) in [4.78, 5) is 25.4. The summed E-state index contributed by atoms with van der Waals surface area (Å²) >= 11 is 0. The van der Waals surface area contributed by atoms with Crippen LogP contribution in [-0.2, 0) is 0 Å². The van der Waals surface area contributed by atoms with Crippen molar-refractivity contribution < 1.29 is 18.0 Å². The monoisotopic (exact) mass is 552 g/mol. The average molecular weight is 553 g/mol. The molecule has 0 saturated carbocycles. The molecule has 1 aliphatic rings. The number of aliphatic imine (C=N–C) groups is 1. The van der Waals surface area contributed by atoms with Gasteiger partial charge >= 0.3 is 6.18 Å². The van der Waals surface area contributed by atoms with Crippen LogP contribution in [0.2, 0.25) is 0 Å². The SMILES string of the molecule is CN=C(/C=C(\Nc1ccc(NC(=O)c2cccc(N3CCN(C(C)C)CC3)c2)nn1)C(F)(F)F)c1cccnc1. The molecule has 0 unspecified atom stereocenters. The first-order valence-corrected chi connectivity index (χ1v) is 12.8. The van der Waals surface area contributed by atoms with Crippen molar-refractivity contribution in [1.29, 1.82) is 0 Å². The number of pyridine rings is 1. The van der Waals surface area contributed by atoms with Crippen molar-refractivity contribution >= 4 is 28.9 Å². The van der Waals surface area contributed by atoms with Crippen molar-refractivity contribution in [2.45, 2.75) is 26.1 Å². The Hall–Kier alpha value is -4.32. The van der Waals surface area contributed by atoms with Gasteiger partial charge in [0.2, 0.25) is 0 Å². The number of allylic oxidation sites excluding steroid dienone is 2. The van der Waals surface area contributed by atoms with E-state index < -0.39 is 17.8 Å². The number of alkyl halides is 3. The van der Waals surface area contributed by atoms with Gasteiger partial charge in [-0.1, -0.05) is 6.07 Å². The van der Waals surface area contributed by atoms with E-state index in [9.17, 15) is 18.0 Å². The molecule has 2 aromatic heterocycles. The molecule has 1 saturated heterocycles. The van der Waals surface area contributed by atoms with Gasteiger partial charge in [0.25, 0.3) is 5.91 Å². The van der Waals surface area contributed by atoms with Crippen LogP contribution in [0.15, 0.2) is 77.7 Å². The van der Waals surface area contributed by atoms with Gasteiger partial charge in [-0.15, -0.1) is 10.2 Å². The standard InChI is InChI=1S/C28H31F3N8O/c1-19(2)38-12-14-39(15-13-38)22-8-4-6-20(16-22)27(40)35-26-10-9-25(36-37-26)34-24(28(29,30)31)17-23(32-3)21-7-5-11-33-18-21/h4-11,16-19H,12-15H2,1-3H3,(H,34,36)(H,35,37,40)/b24-17-,32-23?. The third-order valence-corrected chi connectivity index (χ3v) is 6.47. The summed E-state index contributed by atoms with van der Waals surface area (Å²) in [6, 6.07) is 13.7. The van der Waals surface area contributed by atoms with Crippen LogP contribution in [0.3, 0.4) is 0 Å². The number of rotatable bonds is 8. The van der Waals surface area contributed by atoms with Crippen LogP contribution >= 0.6 is 0 Å². The van der Waals surface area contributed by atoms with Gasteiger partial charge in [0.15, 0.2) is 11.6 Å². The Morgan fingerprint density at radius 3 is 2.23 bits per heavy atom. The number of nitrogens with zero attached hydrogens (tertiary/aromatic N) is 6. The van der Waals surface area contributed by atoms with Crippen molar-refractivity contribution in [2.24, 2.45) is 4.99 Å². The molecule has 0 radical (unpaired) electrons. The van der Waals surface area contributed by atoms with E-state index in [4.69, 9.17) is 0 Å². The molecular weight excluding hydrogens is 521 g/mol. The number of anilines is 3. The minimum Gasteiger partial charge on any atom is -0.369 e. The van der Waals surface area contributed by atoms with Gasteiger partial charge in [-0.25, -0.2) is 0 Å². The lowest BCUT2D eigenvalue weighted by molar-refractivity contribution is -0.0901. The fraction of sp³-hybridized carbons (Fsp3) is 0.321. The fourth-order valence-electron chi connectivity index (χ4n) is 4.25. The number of halogens is 3. The van der Waals surface area contributed by atoms with Crippen LogP contribution in [0.4, 0.5) is 30.5 Å². The molecule has 0 spiro atoms. The Labute approximate surface area is 230 Å². The summed E-state index contributed by atoms with van der Waals surface area (Å²) in [5, 5.41) is 12.6. The van der Waals surface area contributed by atoms with Crippen molar-refractivity contribution in [1.82, 2.24) is 20.1 Å². The van der Waals surface area contributed by atoms with Gasteiger partial charge in [-0.05, 0) is 62.4 Å². The number of hydrogen-bond acceptors (Lipinski definition) is 8. The lowest BCUT2D eigenvalue weighted by Crippen LogP contribution is -2.48. The number of aromatic nitrogens is 3. The average Bonchev–Trinajstić information content (AvgIpc) is 2.96. The highest BCUT2D eigenvalue weighted by atomic mass is 19.4. The zero-order chi connectivity index (χ0) is 28.7. The molecule has 0 bridgehead atoms. The van der Waals surface area contributed by atoms with Gasteiger partial charge in [0.05, 0.1) is 5.71 Å². The highest BCUT2D eigenvalue weighted by Gasteiger charge is 2.35. The normalized spacial score (nSPS) is 15.3. The topological polar surface area (TPSA) is 98.6 Å². The van der Waals surface area contributed by atoms with Gasteiger partial charge in [-0.2, -0.15) is 13.2 Å². The van der Waals surface area contributed by atoms with E-state index in [0.29, 0.717) is 17.2 Å². The van der Waals surface area contributed by atoms with Crippen LogP contribution in [0.25, 0.3) is 0 Å². The number of carbonyl (C=O) groups is 1. The zero-order valence-electron chi connectivity index (χ0n) is 22.5. The van der Waals surface area contributed by atoms with E-state index in [1.165, 1.54) is 31.6 Å². The molecular formula is C28H31F3N8O. The van der Waals surface area contributed by atoms with Gasteiger partial charge in [0, 0.05) is 68.5 Å². The molecule has 1 amide bonds. The minimum absolute atomic E-state index is 0.0915. The van der Waals surface area contributed by atoms with Crippen LogP contribution in [-0.4, -0.2) is 77.1 Å². The predicted molar refractivity (Wildman–Crippen MR) is 150 cm³/mol. The summed E-state index contributed by atoms with van der Waals surface area (Å²) in [5.41, 5.74) is 0.841. The molecule has 4 rings (SSSR count). The molecule has 12 heteroatoms. The molecule has 2 N–H and O–H groups in total. The molecule has 0 aliphatic carbocycles. The second-order valence-electron chi connectivity index (χ2n) is 9.46. The second kappa shape index (κ2) is 12.7. The number of carbonyl (C=O) groups excluding carboxylic acids is 1. The maximum absolute atomic E-state index is 13.8. The fourth-order valence-corrected chi connectivity index (χ4v) is 4.25. The molecule has 210 valence electrons. The maximum Gasteiger partial charge on any atom is 0.431 e. The van der Waals surface area contributed by atoms with Crippen molar-refractivity contribution in [3.05, 3.63) is 83.8 Å². The first-order valence-electron chi connectivity index (χ1n) is 12.8. The van der Waals surface area contributed by atoms with Crippen molar-refractivity contribution in [2.75, 3.05) is 48.8 Å². The number of amides is 1. The minimum atomic E-state index is -4.71. The van der Waals surface area contributed by atoms with Crippen LogP contribution in [0, 0.1) is 0 Å². The Morgan fingerprint density at radius 1 is 0.975 bits per heavy atom. The molecule has 3 aromatic rings. The first-order chi connectivity index (χ1) is 19.1. The smallest absolute Gasteiger partial charge is 0.369 e. The second-order valence-corrected chi connectivity index (χ2v) is 9.46. The van der Waals surface area contributed by atoms with E-state index in [1.807, 2.05) is 18.2 Å². The van der Waals surface area contributed by atoms with Crippen LogP contribution in [0.1, 0.15) is 29.8 Å². The number of piperazine rings is 1. The third-order valence-electron chi connectivity index (χ3n) is 6.47. The van der Waals surface area contributed by atoms with Gasteiger partial charge in [-0.3, -0.25) is 19.7 Å². The maximum atomic E-state index is 13.8. The van der Waals surface area contributed by atoms with E-state index in [-0.39, 0.29) is 17.3 Å². The Balaban J connectivity index is 1.42. The molecule has 1 aliphatic heterocycles. The Bertz CT molecular complexity index is 1350. The van der Waals surface area contributed by atoms with Crippen molar-refractivity contribution in [3.8, 4) is 0 Å². The van der Waals surface area contributed by atoms with Gasteiger partial charge in [0.1, 0.15) is 5.70 Å². The van der Waals surface area contributed by atoms with Crippen LogP contribution in [0.5, 0.6) is 0 Å². The third kappa shape index (κ3) is 7.41. The lowest BCUT2D eigenvalue weighted by Gasteiger charge is -2.38. The highest BCUT2D eigenvalue weighted by molar-refractivity contribution is 6.09. The van der Waals surface area contributed by atoms with E-state index in [0.717, 1.165) is 37.9 Å². The summed E-state index contributed by atoms with van der Waals surface area (Å²) in [7, 11) is 1.40. The highest BCUT2D eigenvalue weighted by Crippen LogP contribution is 2.27. The van der Waals surface area contributed by atoms with Crippen molar-refractivity contribution in [3.63, 3.8) is 0 Å². The summed E-state index contributed by atoms with van der Waals surface area (Å²) in [6.45, 7) is 7.99. The van der Waals surface area contributed by atoms with Gasteiger partial charge < -0.3 is 15.5 Å². The summed E-state index contributed by atoms with van der Waals surface area (Å²) < 4.78 is 41.3. The molecule has 0 atom stereocenters. The first kappa shape index (κ1) is 28.7. The summed E-state index contributed by atoms with van der Waals surface area (Å²) in [6.07, 6.45) is -0.888. The molecule has 9 nitrogen and oxygen atoms in total. The molecule has 3 heterocycles. The Morgan fingerprint density at radius 2 is 1.65 bits per heavy atom. The largest absolute Gasteiger partial charge is 0.431 e. The zero-order valence-corrected chi connectivity index (χ0v) is 22.5. The van der Waals surface area contributed by atoms with E-state index >= 15 is 0 Å². The summed E-state index contributed by atoms with van der Waals surface area (Å²) in [5.74, 6) is -0.435. The van der Waals surface area contributed by atoms with E-state index in [2.05, 4.69) is 54.5 Å². The quantitative estimate of drug-likeness (QED) is 0.393. The van der Waals surface area contributed by atoms with Crippen LogP contribution < -0.4 is 15.5 Å². The number of hydrogen-bond donors (Lipinski definition) is 2. The lowest BCUT2D eigenvalue weighted by atomic mass is 10.1. The van der Waals surface area contributed by atoms with E-state index in [1.54, 1.807) is 18.2 Å². The number of nitrogens with one attached hydrogen (secondary N) is 2. The molecule has 1 fully saturated rings.